The SMILES string of the molecule is COCCN(C(=O)c1cc(O)ccc1Cl)C(C)C. The molecule has 0 radical (unpaired) electrons. The van der Waals surface area contributed by atoms with Gasteiger partial charge in [0.1, 0.15) is 5.75 Å². The summed E-state index contributed by atoms with van der Waals surface area (Å²) in [4.78, 5) is 14.0. The summed E-state index contributed by atoms with van der Waals surface area (Å²) < 4.78 is 4.99. The summed E-state index contributed by atoms with van der Waals surface area (Å²) in [6, 6.07) is 4.38. The molecule has 0 aliphatic rings. The van der Waals surface area contributed by atoms with Crippen LogP contribution in [0.5, 0.6) is 5.75 Å². The number of carbonyl (C=O) groups excluding carboxylic acids is 1. The highest BCUT2D eigenvalue weighted by molar-refractivity contribution is 6.33. The number of phenols is 1. The van der Waals surface area contributed by atoms with E-state index in [4.69, 9.17) is 16.3 Å². The summed E-state index contributed by atoms with van der Waals surface area (Å²) in [5.74, 6) is -0.179. The second-order valence-electron chi connectivity index (χ2n) is 4.25. The van der Waals surface area contributed by atoms with Gasteiger partial charge >= 0.3 is 0 Å². The Kier molecular flexibility index (Phi) is 5.44. The highest BCUT2D eigenvalue weighted by Crippen LogP contribution is 2.23. The Morgan fingerprint density at radius 3 is 2.72 bits per heavy atom. The average molecular weight is 272 g/mol. The van der Waals surface area contributed by atoms with Gasteiger partial charge in [0, 0.05) is 19.7 Å². The second-order valence-corrected chi connectivity index (χ2v) is 4.66. The molecule has 0 unspecified atom stereocenters. The Morgan fingerprint density at radius 1 is 1.50 bits per heavy atom. The lowest BCUT2D eigenvalue weighted by Gasteiger charge is -2.27. The molecular formula is C13H18ClNO3. The lowest BCUT2D eigenvalue weighted by atomic mass is 10.1. The number of amides is 1. The fraction of sp³-hybridized carbons (Fsp3) is 0.462. The molecule has 18 heavy (non-hydrogen) atoms. The summed E-state index contributed by atoms with van der Waals surface area (Å²) in [5.41, 5.74) is 0.307. The van der Waals surface area contributed by atoms with Crippen molar-refractivity contribution in [3.8, 4) is 5.75 Å². The zero-order valence-corrected chi connectivity index (χ0v) is 11.6. The molecule has 1 aromatic rings. The molecule has 0 aliphatic heterocycles. The van der Waals surface area contributed by atoms with Crippen LogP contribution in [0.2, 0.25) is 5.02 Å². The van der Waals surface area contributed by atoms with Crippen LogP contribution in [0.4, 0.5) is 0 Å². The van der Waals surface area contributed by atoms with E-state index in [0.29, 0.717) is 23.7 Å². The number of benzene rings is 1. The quantitative estimate of drug-likeness (QED) is 0.895. The van der Waals surface area contributed by atoms with Crippen molar-refractivity contribution < 1.29 is 14.6 Å². The Hall–Kier alpha value is -1.26. The fourth-order valence-electron chi connectivity index (χ4n) is 1.62. The predicted octanol–water partition coefficient (Wildman–Crippen LogP) is 2.54. The highest BCUT2D eigenvalue weighted by atomic mass is 35.5. The maximum atomic E-state index is 12.3. The van der Waals surface area contributed by atoms with Gasteiger partial charge in [-0.25, -0.2) is 0 Å². The number of phenolic OH excluding ortho intramolecular Hbond substituents is 1. The van der Waals surface area contributed by atoms with Crippen molar-refractivity contribution in [3.05, 3.63) is 28.8 Å². The molecule has 1 N–H and O–H groups in total. The first-order valence-electron chi connectivity index (χ1n) is 5.75. The van der Waals surface area contributed by atoms with Crippen LogP contribution >= 0.6 is 11.6 Å². The van der Waals surface area contributed by atoms with Gasteiger partial charge in [-0.15, -0.1) is 0 Å². The first kappa shape index (κ1) is 14.8. The van der Waals surface area contributed by atoms with Gasteiger partial charge in [-0.3, -0.25) is 4.79 Å². The standard InChI is InChI=1S/C13H18ClNO3/c1-9(2)15(6-7-18-3)13(17)11-8-10(16)4-5-12(11)14/h4-5,8-9,16H,6-7H2,1-3H3. The van der Waals surface area contributed by atoms with Crippen LogP contribution in [0.1, 0.15) is 24.2 Å². The maximum absolute atomic E-state index is 12.3. The summed E-state index contributed by atoms with van der Waals surface area (Å²) in [5, 5.41) is 9.76. The Labute approximate surface area is 112 Å². The van der Waals surface area contributed by atoms with Gasteiger partial charge in [0.2, 0.25) is 0 Å². The molecule has 1 amide bonds. The van der Waals surface area contributed by atoms with E-state index in [1.807, 2.05) is 13.8 Å². The zero-order valence-electron chi connectivity index (χ0n) is 10.8. The number of hydrogen-bond acceptors (Lipinski definition) is 3. The van der Waals surface area contributed by atoms with Gasteiger partial charge in [0.25, 0.3) is 5.91 Å². The minimum atomic E-state index is -0.206. The molecule has 0 saturated heterocycles. The lowest BCUT2D eigenvalue weighted by molar-refractivity contribution is 0.0635. The van der Waals surface area contributed by atoms with Crippen molar-refractivity contribution in [1.29, 1.82) is 0 Å². The lowest BCUT2D eigenvalue weighted by Crippen LogP contribution is -2.39. The summed E-state index contributed by atoms with van der Waals surface area (Å²) in [6.45, 7) is 4.79. The van der Waals surface area contributed by atoms with Gasteiger partial charge in [-0.2, -0.15) is 0 Å². The highest BCUT2D eigenvalue weighted by Gasteiger charge is 2.21. The van der Waals surface area contributed by atoms with Crippen LogP contribution in [0.3, 0.4) is 0 Å². The zero-order chi connectivity index (χ0) is 13.7. The van der Waals surface area contributed by atoms with Crippen LogP contribution in [-0.4, -0.2) is 42.2 Å². The molecule has 0 bridgehead atoms. The molecule has 0 saturated carbocycles. The minimum Gasteiger partial charge on any atom is -0.508 e. The molecule has 100 valence electrons. The largest absolute Gasteiger partial charge is 0.508 e. The van der Waals surface area contributed by atoms with E-state index in [2.05, 4.69) is 0 Å². The number of rotatable bonds is 5. The van der Waals surface area contributed by atoms with Crippen molar-refractivity contribution in [3.63, 3.8) is 0 Å². The fourth-order valence-corrected chi connectivity index (χ4v) is 1.81. The van der Waals surface area contributed by atoms with Gasteiger partial charge < -0.3 is 14.7 Å². The van der Waals surface area contributed by atoms with E-state index in [-0.39, 0.29) is 17.7 Å². The van der Waals surface area contributed by atoms with Crippen LogP contribution < -0.4 is 0 Å². The average Bonchev–Trinajstić information content (AvgIpc) is 2.32. The van der Waals surface area contributed by atoms with Crippen molar-refractivity contribution >= 4 is 17.5 Å². The molecule has 0 heterocycles. The third kappa shape index (κ3) is 3.62. The molecule has 5 heteroatoms. The van der Waals surface area contributed by atoms with E-state index in [0.717, 1.165) is 0 Å². The molecular weight excluding hydrogens is 254 g/mol. The third-order valence-corrected chi connectivity index (χ3v) is 2.93. The van der Waals surface area contributed by atoms with Gasteiger partial charge in [-0.05, 0) is 32.0 Å². The topological polar surface area (TPSA) is 49.8 Å². The predicted molar refractivity (Wildman–Crippen MR) is 71.2 cm³/mol. The van der Waals surface area contributed by atoms with Crippen molar-refractivity contribution in [2.45, 2.75) is 19.9 Å². The van der Waals surface area contributed by atoms with E-state index in [1.54, 1.807) is 12.0 Å². The molecule has 4 nitrogen and oxygen atoms in total. The monoisotopic (exact) mass is 271 g/mol. The van der Waals surface area contributed by atoms with Crippen molar-refractivity contribution in [2.24, 2.45) is 0 Å². The van der Waals surface area contributed by atoms with Crippen molar-refractivity contribution in [1.82, 2.24) is 4.90 Å². The molecule has 1 rings (SSSR count). The molecule has 0 aromatic heterocycles. The third-order valence-electron chi connectivity index (χ3n) is 2.60. The van der Waals surface area contributed by atoms with E-state index in [1.165, 1.54) is 18.2 Å². The van der Waals surface area contributed by atoms with E-state index in [9.17, 15) is 9.90 Å². The molecule has 0 atom stereocenters. The maximum Gasteiger partial charge on any atom is 0.255 e. The number of aromatic hydroxyl groups is 1. The Morgan fingerprint density at radius 2 is 2.17 bits per heavy atom. The van der Waals surface area contributed by atoms with E-state index < -0.39 is 0 Å². The van der Waals surface area contributed by atoms with Crippen LogP contribution in [0.15, 0.2) is 18.2 Å². The first-order chi connectivity index (χ1) is 8.47. The number of methoxy groups -OCH3 is 1. The molecule has 0 aliphatic carbocycles. The summed E-state index contributed by atoms with van der Waals surface area (Å²) in [7, 11) is 1.59. The van der Waals surface area contributed by atoms with Crippen LogP contribution in [0.25, 0.3) is 0 Å². The number of halogens is 1. The smallest absolute Gasteiger partial charge is 0.255 e. The molecule has 0 fully saturated rings. The first-order valence-corrected chi connectivity index (χ1v) is 6.13. The Bertz CT molecular complexity index is 421. The van der Waals surface area contributed by atoms with Crippen LogP contribution in [-0.2, 0) is 4.74 Å². The summed E-state index contributed by atoms with van der Waals surface area (Å²) >= 11 is 5.98. The van der Waals surface area contributed by atoms with E-state index >= 15 is 0 Å². The van der Waals surface area contributed by atoms with Gasteiger partial charge in [-0.1, -0.05) is 11.6 Å². The Balaban J connectivity index is 2.98. The second kappa shape index (κ2) is 6.61. The molecule has 0 spiro atoms. The number of hydrogen-bond donors (Lipinski definition) is 1. The number of nitrogens with zero attached hydrogens (tertiary/aromatic N) is 1. The van der Waals surface area contributed by atoms with Crippen molar-refractivity contribution in [2.75, 3.05) is 20.3 Å². The summed E-state index contributed by atoms with van der Waals surface area (Å²) in [6.07, 6.45) is 0. The minimum absolute atomic E-state index is 0.0261. The molecule has 1 aromatic carbocycles. The van der Waals surface area contributed by atoms with Gasteiger partial charge in [0.15, 0.2) is 0 Å². The number of ether oxygens (including phenoxy) is 1. The normalized spacial score (nSPS) is 10.7. The van der Waals surface area contributed by atoms with Crippen LogP contribution in [0, 0.1) is 0 Å². The van der Waals surface area contributed by atoms with Gasteiger partial charge in [0.05, 0.1) is 17.2 Å². The number of carbonyl (C=O) groups is 1.